The minimum atomic E-state index is -0.235. The number of benzene rings is 2. The van der Waals surface area contributed by atoms with Crippen molar-refractivity contribution in [2.75, 3.05) is 7.11 Å². The van der Waals surface area contributed by atoms with Gasteiger partial charge in [0.15, 0.2) is 11.6 Å². The predicted octanol–water partition coefficient (Wildman–Crippen LogP) is 4.85. The van der Waals surface area contributed by atoms with Crippen LogP contribution in [-0.2, 0) is 13.0 Å². The topological polar surface area (TPSA) is 57.8 Å². The van der Waals surface area contributed by atoms with Crippen LogP contribution in [0.15, 0.2) is 55.0 Å². The molecular weight excluding hydrogens is 405 g/mol. The van der Waals surface area contributed by atoms with Crippen molar-refractivity contribution in [1.82, 2.24) is 24.3 Å². The van der Waals surface area contributed by atoms with E-state index >= 15 is 0 Å². The maximum Gasteiger partial charge on any atom is 0.155 e. The van der Waals surface area contributed by atoms with Crippen LogP contribution in [0.4, 0.5) is 4.39 Å². The maximum absolute atomic E-state index is 13.2. The summed E-state index contributed by atoms with van der Waals surface area (Å²) in [4.78, 5) is 9.11. The third-order valence-electron chi connectivity index (χ3n) is 5.63. The minimum absolute atomic E-state index is 0.235. The molecule has 1 aliphatic rings. The van der Waals surface area contributed by atoms with Crippen LogP contribution in [0, 0.1) is 12.7 Å². The predicted molar refractivity (Wildman–Crippen MR) is 121 cm³/mol. The van der Waals surface area contributed by atoms with Gasteiger partial charge in [0.1, 0.15) is 11.6 Å². The highest BCUT2D eigenvalue weighted by Gasteiger charge is 2.19. The Hall–Kier alpha value is -3.74. The van der Waals surface area contributed by atoms with Crippen molar-refractivity contribution in [3.63, 3.8) is 0 Å². The first-order valence-electron chi connectivity index (χ1n) is 10.7. The lowest BCUT2D eigenvalue weighted by Gasteiger charge is -2.16. The molecule has 0 N–H and O–H groups in total. The molecule has 0 atom stereocenters. The number of hydrogen-bond donors (Lipinski definition) is 0. The third kappa shape index (κ3) is 4.06. The lowest BCUT2D eigenvalue weighted by molar-refractivity contribution is 0.413. The summed E-state index contributed by atoms with van der Waals surface area (Å²) in [5, 5.41) is 4.69. The number of rotatable bonds is 5. The van der Waals surface area contributed by atoms with Crippen molar-refractivity contribution in [1.29, 1.82) is 0 Å². The fourth-order valence-corrected chi connectivity index (χ4v) is 4.06. The van der Waals surface area contributed by atoms with Crippen LogP contribution in [0.5, 0.6) is 5.75 Å². The van der Waals surface area contributed by atoms with Crippen molar-refractivity contribution in [3.8, 4) is 11.4 Å². The maximum atomic E-state index is 13.2. The first kappa shape index (κ1) is 20.2. The molecule has 6 nitrogen and oxygen atoms in total. The van der Waals surface area contributed by atoms with E-state index in [2.05, 4.69) is 22.2 Å². The smallest absolute Gasteiger partial charge is 0.155 e. The largest absolute Gasteiger partial charge is 0.495 e. The van der Waals surface area contributed by atoms with Crippen molar-refractivity contribution >= 4 is 11.6 Å². The highest BCUT2D eigenvalue weighted by Crippen LogP contribution is 2.30. The van der Waals surface area contributed by atoms with Crippen LogP contribution in [0.2, 0.25) is 0 Å². The van der Waals surface area contributed by atoms with Gasteiger partial charge in [-0.1, -0.05) is 18.2 Å². The number of methoxy groups -OCH3 is 1. The van der Waals surface area contributed by atoms with Crippen LogP contribution >= 0.6 is 0 Å². The van der Waals surface area contributed by atoms with Gasteiger partial charge in [0.05, 0.1) is 24.8 Å². The van der Waals surface area contributed by atoms with Crippen LogP contribution in [-0.4, -0.2) is 31.4 Å². The zero-order valence-electron chi connectivity index (χ0n) is 18.1. The summed E-state index contributed by atoms with van der Waals surface area (Å²) in [5.41, 5.74) is 5.10. The van der Waals surface area contributed by atoms with Gasteiger partial charge in [-0.2, -0.15) is 5.10 Å². The summed E-state index contributed by atoms with van der Waals surface area (Å²) >= 11 is 0. The van der Waals surface area contributed by atoms with Crippen LogP contribution < -0.4 is 4.74 Å². The molecule has 0 spiro atoms. The average molecular weight is 429 g/mol. The number of imidazole rings is 1. The van der Waals surface area contributed by atoms with Gasteiger partial charge in [0.25, 0.3) is 0 Å². The average Bonchev–Trinajstić information content (AvgIpc) is 3.41. The second-order valence-corrected chi connectivity index (χ2v) is 8.00. The molecule has 32 heavy (non-hydrogen) atoms. The van der Waals surface area contributed by atoms with Crippen LogP contribution in [0.3, 0.4) is 0 Å². The van der Waals surface area contributed by atoms with Gasteiger partial charge in [-0.15, -0.1) is 0 Å². The van der Waals surface area contributed by atoms with E-state index in [-0.39, 0.29) is 5.82 Å². The highest BCUT2D eigenvalue weighted by atomic mass is 19.1. The molecule has 4 aromatic rings. The quantitative estimate of drug-likeness (QED) is 0.455. The Balaban J connectivity index is 1.44. The highest BCUT2D eigenvalue weighted by molar-refractivity contribution is 5.80. The molecule has 7 heteroatoms. The van der Waals surface area contributed by atoms with E-state index in [4.69, 9.17) is 9.72 Å². The molecule has 162 valence electrons. The summed E-state index contributed by atoms with van der Waals surface area (Å²) in [6.07, 6.45) is 8.47. The Labute approximate surface area is 186 Å². The van der Waals surface area contributed by atoms with Crippen molar-refractivity contribution in [2.45, 2.75) is 32.7 Å². The number of aromatic nitrogens is 5. The number of allylic oxidation sites excluding steroid dienone is 1. The number of halogens is 1. The number of hydrogen-bond acceptors (Lipinski definition) is 4. The summed E-state index contributed by atoms with van der Waals surface area (Å²) in [7, 11) is 1.68. The van der Waals surface area contributed by atoms with E-state index < -0.39 is 0 Å². The van der Waals surface area contributed by atoms with E-state index in [1.54, 1.807) is 25.6 Å². The van der Waals surface area contributed by atoms with Gasteiger partial charge in [0.2, 0.25) is 0 Å². The molecule has 3 heterocycles. The molecule has 0 fully saturated rings. The van der Waals surface area contributed by atoms with E-state index in [1.807, 2.05) is 34.5 Å². The summed E-state index contributed by atoms with van der Waals surface area (Å²) < 4.78 is 22.8. The molecule has 2 aromatic heterocycles. The van der Waals surface area contributed by atoms with Crippen LogP contribution in [0.1, 0.15) is 41.3 Å². The first-order chi connectivity index (χ1) is 15.6. The molecule has 0 unspecified atom stereocenters. The molecule has 0 saturated carbocycles. The van der Waals surface area contributed by atoms with Gasteiger partial charge in [0, 0.05) is 19.2 Å². The van der Waals surface area contributed by atoms with Gasteiger partial charge < -0.3 is 9.30 Å². The minimum Gasteiger partial charge on any atom is -0.495 e. The monoisotopic (exact) mass is 429 g/mol. The molecule has 1 aliphatic heterocycles. The SMILES string of the molecule is COc1cc(C=C2CCCn3nc(Cc4ccc(F)cc4)nc32)ccc1-n1cnc(C)c1. The molecule has 0 amide bonds. The zero-order chi connectivity index (χ0) is 22.1. The van der Waals surface area contributed by atoms with Gasteiger partial charge in [-0.05, 0) is 66.8 Å². The lowest BCUT2D eigenvalue weighted by atomic mass is 10.0. The Morgan fingerprint density at radius 3 is 2.75 bits per heavy atom. The number of nitrogens with zero attached hydrogens (tertiary/aromatic N) is 5. The van der Waals surface area contributed by atoms with Gasteiger partial charge >= 0.3 is 0 Å². The molecule has 0 saturated heterocycles. The number of fused-ring (bicyclic) bond motifs is 1. The van der Waals surface area contributed by atoms with E-state index in [0.29, 0.717) is 6.42 Å². The Kier molecular flexibility index (Phi) is 5.31. The summed E-state index contributed by atoms with van der Waals surface area (Å²) in [5.74, 6) is 2.20. The van der Waals surface area contributed by atoms with Gasteiger partial charge in [-0.3, -0.25) is 0 Å². The standard InChI is InChI=1S/C25H24FN5O/c1-17-15-30(16-27-17)22-10-7-19(13-23(22)32-2)12-20-4-3-11-31-25(20)28-24(29-31)14-18-5-8-21(26)9-6-18/h5-10,12-13,15-16H,3-4,11,14H2,1-2H3. The molecule has 5 rings (SSSR count). The van der Waals surface area contributed by atoms with Gasteiger partial charge in [-0.25, -0.2) is 19.0 Å². The van der Waals surface area contributed by atoms with Crippen LogP contribution in [0.25, 0.3) is 17.3 Å². The number of aryl methyl sites for hydroxylation is 2. The first-order valence-corrected chi connectivity index (χ1v) is 10.7. The van der Waals surface area contributed by atoms with E-state index in [9.17, 15) is 4.39 Å². The fraction of sp³-hybridized carbons (Fsp3) is 0.240. The Morgan fingerprint density at radius 1 is 1.16 bits per heavy atom. The Morgan fingerprint density at radius 2 is 2.00 bits per heavy atom. The Bertz CT molecular complexity index is 1290. The molecule has 0 radical (unpaired) electrons. The summed E-state index contributed by atoms with van der Waals surface area (Å²) in [6.45, 7) is 2.82. The normalized spacial score (nSPS) is 14.5. The summed E-state index contributed by atoms with van der Waals surface area (Å²) in [6, 6.07) is 12.7. The fourth-order valence-electron chi connectivity index (χ4n) is 4.06. The van der Waals surface area contributed by atoms with E-state index in [1.165, 1.54) is 12.1 Å². The van der Waals surface area contributed by atoms with Crippen molar-refractivity contribution in [3.05, 3.63) is 89.3 Å². The molecule has 0 bridgehead atoms. The van der Waals surface area contributed by atoms with Crippen molar-refractivity contribution in [2.24, 2.45) is 0 Å². The van der Waals surface area contributed by atoms with E-state index in [0.717, 1.165) is 64.9 Å². The zero-order valence-corrected chi connectivity index (χ0v) is 18.1. The van der Waals surface area contributed by atoms with Crippen molar-refractivity contribution < 1.29 is 9.13 Å². The lowest BCUT2D eigenvalue weighted by Crippen LogP contribution is -2.11. The molecule has 2 aromatic carbocycles. The third-order valence-corrected chi connectivity index (χ3v) is 5.63. The molecule has 0 aliphatic carbocycles. The second-order valence-electron chi connectivity index (χ2n) is 8.00. The molecular formula is C25H24FN5O. The number of ether oxygens (including phenoxy) is 1. The second kappa shape index (κ2) is 8.42.